The second-order valence-corrected chi connectivity index (χ2v) is 8.37. The highest BCUT2D eigenvalue weighted by molar-refractivity contribution is 7.09. The van der Waals surface area contributed by atoms with E-state index >= 15 is 0 Å². The molecule has 1 aromatic heterocycles. The Kier molecular flexibility index (Phi) is 6.83. The van der Waals surface area contributed by atoms with Crippen molar-refractivity contribution in [2.24, 2.45) is 11.8 Å². The smallest absolute Gasteiger partial charge is 0.239 e. The SMILES string of the molecule is CCN(CC(=O)NCc1cccs1)C(=O)CCN1C(=O)[C@H]2CCCC[C@@H]2C1=O. The van der Waals surface area contributed by atoms with Gasteiger partial charge >= 0.3 is 0 Å². The van der Waals surface area contributed by atoms with Gasteiger partial charge in [0.2, 0.25) is 23.6 Å². The Morgan fingerprint density at radius 3 is 2.46 bits per heavy atom. The molecule has 3 rings (SSSR count). The minimum Gasteiger partial charge on any atom is -0.350 e. The number of imide groups is 1. The van der Waals surface area contributed by atoms with E-state index in [1.807, 2.05) is 24.4 Å². The molecule has 0 aromatic carbocycles. The molecular formula is C20H27N3O4S. The van der Waals surface area contributed by atoms with E-state index in [1.54, 1.807) is 11.3 Å². The third-order valence-corrected chi connectivity index (χ3v) is 6.47. The van der Waals surface area contributed by atoms with Gasteiger partial charge in [0.15, 0.2) is 0 Å². The number of likely N-dealkylation sites (N-methyl/N-ethyl adjacent to an activating group) is 1. The van der Waals surface area contributed by atoms with Gasteiger partial charge in [-0.25, -0.2) is 0 Å². The first-order chi connectivity index (χ1) is 13.5. The normalized spacial score (nSPS) is 21.5. The summed E-state index contributed by atoms with van der Waals surface area (Å²) in [6.45, 7) is 2.75. The van der Waals surface area contributed by atoms with Crippen molar-refractivity contribution >= 4 is 35.0 Å². The summed E-state index contributed by atoms with van der Waals surface area (Å²) in [5.41, 5.74) is 0. The number of likely N-dealkylation sites (tertiary alicyclic amines) is 1. The first-order valence-corrected chi connectivity index (χ1v) is 10.8. The number of nitrogens with one attached hydrogen (secondary N) is 1. The van der Waals surface area contributed by atoms with Gasteiger partial charge in [0.05, 0.1) is 24.9 Å². The van der Waals surface area contributed by atoms with Gasteiger partial charge < -0.3 is 10.2 Å². The zero-order chi connectivity index (χ0) is 20.1. The molecule has 7 nitrogen and oxygen atoms in total. The molecule has 0 unspecified atom stereocenters. The lowest BCUT2D eigenvalue weighted by Crippen LogP contribution is -2.42. The average molecular weight is 406 g/mol. The zero-order valence-corrected chi connectivity index (χ0v) is 17.0. The van der Waals surface area contributed by atoms with Crippen LogP contribution >= 0.6 is 11.3 Å². The molecule has 2 fully saturated rings. The minimum absolute atomic E-state index is 0.0200. The summed E-state index contributed by atoms with van der Waals surface area (Å²) < 4.78 is 0. The molecule has 152 valence electrons. The third kappa shape index (κ3) is 4.60. The summed E-state index contributed by atoms with van der Waals surface area (Å²) in [5, 5.41) is 4.75. The quantitative estimate of drug-likeness (QED) is 0.668. The lowest BCUT2D eigenvalue weighted by Gasteiger charge is -2.22. The number of hydrogen-bond acceptors (Lipinski definition) is 5. The first kappa shape index (κ1) is 20.5. The molecule has 4 amide bonds. The van der Waals surface area contributed by atoms with E-state index in [4.69, 9.17) is 0 Å². The van der Waals surface area contributed by atoms with E-state index in [0.29, 0.717) is 13.1 Å². The van der Waals surface area contributed by atoms with Crippen LogP contribution in [0, 0.1) is 11.8 Å². The predicted octanol–water partition coefficient (Wildman–Crippen LogP) is 1.78. The monoisotopic (exact) mass is 405 g/mol. The number of amides is 4. The number of fused-ring (bicyclic) bond motifs is 1. The summed E-state index contributed by atoms with van der Waals surface area (Å²) in [5.74, 6) is -1.08. The maximum absolute atomic E-state index is 12.5. The van der Waals surface area contributed by atoms with Crippen molar-refractivity contribution in [3.8, 4) is 0 Å². The van der Waals surface area contributed by atoms with Crippen LogP contribution in [0.5, 0.6) is 0 Å². The highest BCUT2D eigenvalue weighted by Gasteiger charge is 2.47. The Hall–Kier alpha value is -2.22. The van der Waals surface area contributed by atoms with Crippen LogP contribution in [-0.4, -0.2) is 53.1 Å². The van der Waals surface area contributed by atoms with Crippen LogP contribution in [0.4, 0.5) is 0 Å². The Morgan fingerprint density at radius 1 is 1.21 bits per heavy atom. The molecule has 0 spiro atoms. The molecule has 2 aliphatic rings. The fourth-order valence-corrected chi connectivity index (χ4v) is 4.67. The van der Waals surface area contributed by atoms with Gasteiger partial charge in [0.25, 0.3) is 0 Å². The molecule has 2 atom stereocenters. The zero-order valence-electron chi connectivity index (χ0n) is 16.2. The topological polar surface area (TPSA) is 86.8 Å². The molecule has 1 N–H and O–H groups in total. The number of thiophene rings is 1. The molecule has 1 aliphatic carbocycles. The number of carbonyl (C=O) groups is 4. The summed E-state index contributed by atoms with van der Waals surface area (Å²) in [6.07, 6.45) is 3.56. The second kappa shape index (κ2) is 9.32. The van der Waals surface area contributed by atoms with E-state index in [1.165, 1.54) is 9.80 Å². The number of carbonyl (C=O) groups excluding carboxylic acids is 4. The Labute approximate surface area is 169 Å². The van der Waals surface area contributed by atoms with Crippen molar-refractivity contribution < 1.29 is 19.2 Å². The molecule has 1 saturated carbocycles. The van der Waals surface area contributed by atoms with Crippen molar-refractivity contribution in [2.75, 3.05) is 19.6 Å². The van der Waals surface area contributed by atoms with Gasteiger partial charge in [-0.3, -0.25) is 24.1 Å². The molecule has 2 heterocycles. The van der Waals surface area contributed by atoms with Crippen LogP contribution in [0.1, 0.15) is 43.9 Å². The average Bonchev–Trinajstić information content (AvgIpc) is 3.31. The van der Waals surface area contributed by atoms with Crippen LogP contribution in [0.2, 0.25) is 0 Å². The highest BCUT2D eigenvalue weighted by atomic mass is 32.1. The highest BCUT2D eigenvalue weighted by Crippen LogP contribution is 2.37. The Morgan fingerprint density at radius 2 is 1.89 bits per heavy atom. The lowest BCUT2D eigenvalue weighted by molar-refractivity contribution is -0.141. The van der Waals surface area contributed by atoms with E-state index < -0.39 is 0 Å². The Bertz CT molecular complexity index is 710. The maximum Gasteiger partial charge on any atom is 0.239 e. The van der Waals surface area contributed by atoms with Crippen LogP contribution < -0.4 is 5.32 Å². The summed E-state index contributed by atoms with van der Waals surface area (Å²) in [4.78, 5) is 53.4. The van der Waals surface area contributed by atoms with Crippen molar-refractivity contribution in [1.82, 2.24) is 15.1 Å². The van der Waals surface area contributed by atoms with E-state index in [0.717, 1.165) is 30.6 Å². The van der Waals surface area contributed by atoms with E-state index in [2.05, 4.69) is 5.32 Å². The molecule has 0 bridgehead atoms. The van der Waals surface area contributed by atoms with Crippen molar-refractivity contribution in [1.29, 1.82) is 0 Å². The molecule has 0 radical (unpaired) electrons. The minimum atomic E-state index is -0.219. The fourth-order valence-electron chi connectivity index (χ4n) is 4.02. The van der Waals surface area contributed by atoms with E-state index in [-0.39, 0.29) is 55.0 Å². The first-order valence-electron chi connectivity index (χ1n) is 9.93. The summed E-state index contributed by atoms with van der Waals surface area (Å²) in [6, 6.07) is 3.86. The van der Waals surface area contributed by atoms with Gasteiger partial charge in [-0.1, -0.05) is 18.9 Å². The fraction of sp³-hybridized carbons (Fsp3) is 0.600. The summed E-state index contributed by atoms with van der Waals surface area (Å²) in [7, 11) is 0. The molecular weight excluding hydrogens is 378 g/mol. The van der Waals surface area contributed by atoms with E-state index in [9.17, 15) is 19.2 Å². The molecule has 1 saturated heterocycles. The van der Waals surface area contributed by atoms with Gasteiger partial charge in [-0.15, -0.1) is 11.3 Å². The van der Waals surface area contributed by atoms with Crippen LogP contribution in [0.15, 0.2) is 17.5 Å². The Balaban J connectivity index is 1.47. The molecule has 1 aromatic rings. The second-order valence-electron chi connectivity index (χ2n) is 7.34. The standard InChI is InChI=1S/C20H27N3O4S/c1-2-22(13-17(24)21-12-14-6-5-11-28-14)18(25)9-10-23-19(26)15-7-3-4-8-16(15)20(23)27/h5-6,11,15-16H,2-4,7-10,12-13H2,1H3,(H,21,24)/t15-,16-/m0/s1. The van der Waals surface area contributed by atoms with Crippen molar-refractivity contribution in [3.63, 3.8) is 0 Å². The van der Waals surface area contributed by atoms with Crippen molar-refractivity contribution in [2.45, 2.75) is 45.6 Å². The van der Waals surface area contributed by atoms with Crippen LogP contribution in [-0.2, 0) is 25.7 Å². The van der Waals surface area contributed by atoms with Crippen LogP contribution in [0.3, 0.4) is 0 Å². The summed E-state index contributed by atoms with van der Waals surface area (Å²) >= 11 is 1.56. The number of hydrogen-bond donors (Lipinski definition) is 1. The van der Waals surface area contributed by atoms with Gasteiger partial charge in [0, 0.05) is 24.4 Å². The van der Waals surface area contributed by atoms with Gasteiger partial charge in [-0.2, -0.15) is 0 Å². The predicted molar refractivity (Wildman–Crippen MR) is 105 cm³/mol. The third-order valence-electron chi connectivity index (χ3n) is 5.59. The van der Waals surface area contributed by atoms with Gasteiger partial charge in [-0.05, 0) is 31.2 Å². The van der Waals surface area contributed by atoms with Crippen molar-refractivity contribution in [3.05, 3.63) is 22.4 Å². The molecule has 28 heavy (non-hydrogen) atoms. The molecule has 8 heteroatoms. The van der Waals surface area contributed by atoms with Crippen LogP contribution in [0.25, 0.3) is 0 Å². The molecule has 1 aliphatic heterocycles. The number of nitrogens with zero attached hydrogens (tertiary/aromatic N) is 2. The maximum atomic E-state index is 12.5. The lowest BCUT2D eigenvalue weighted by atomic mass is 9.81. The largest absolute Gasteiger partial charge is 0.350 e. The van der Waals surface area contributed by atoms with Gasteiger partial charge in [0.1, 0.15) is 0 Å². The number of rotatable bonds is 8.